The second-order valence-electron chi connectivity index (χ2n) is 8.94. The first-order valence-corrected chi connectivity index (χ1v) is 12.2. The fraction of sp³-hybridized carbons (Fsp3) is 0.407. The third-order valence-corrected chi connectivity index (χ3v) is 6.56. The molecule has 0 saturated carbocycles. The van der Waals surface area contributed by atoms with Gasteiger partial charge in [0.2, 0.25) is 0 Å². The van der Waals surface area contributed by atoms with Gasteiger partial charge >= 0.3 is 0 Å². The minimum Gasteiger partial charge on any atom is -0.354 e. The van der Waals surface area contributed by atoms with Crippen molar-refractivity contribution < 1.29 is 0 Å². The summed E-state index contributed by atoms with van der Waals surface area (Å²) in [5.74, 6) is 1.36. The zero-order chi connectivity index (χ0) is 23.4. The quantitative estimate of drug-likeness (QED) is 0.424. The van der Waals surface area contributed by atoms with Gasteiger partial charge in [-0.05, 0) is 70.1 Å². The molecule has 4 rings (SSSR count). The van der Waals surface area contributed by atoms with Crippen LogP contribution in [0.3, 0.4) is 0 Å². The molecule has 0 amide bonds. The molecule has 3 aromatic rings. The summed E-state index contributed by atoms with van der Waals surface area (Å²) in [5, 5.41) is 0.778. The van der Waals surface area contributed by atoms with Crippen LogP contribution in [0.2, 0.25) is 5.02 Å². The number of benzene rings is 1. The van der Waals surface area contributed by atoms with Gasteiger partial charge in [-0.2, -0.15) is 0 Å². The van der Waals surface area contributed by atoms with Crippen LogP contribution in [0.5, 0.6) is 0 Å². The number of allylic oxidation sites excluding steroid dienone is 1. The van der Waals surface area contributed by atoms with Crippen LogP contribution in [0.25, 0.3) is 5.57 Å². The van der Waals surface area contributed by atoms with Crippen LogP contribution in [0.4, 0.5) is 5.82 Å². The van der Waals surface area contributed by atoms with Gasteiger partial charge < -0.3 is 4.90 Å². The van der Waals surface area contributed by atoms with E-state index < -0.39 is 0 Å². The molecule has 0 saturated heterocycles. The minimum absolute atomic E-state index is 0.331. The van der Waals surface area contributed by atoms with E-state index >= 15 is 0 Å². The van der Waals surface area contributed by atoms with E-state index in [0.29, 0.717) is 12.0 Å². The van der Waals surface area contributed by atoms with Crippen LogP contribution >= 0.6 is 11.6 Å². The Bertz CT molecular complexity index is 1140. The zero-order valence-electron chi connectivity index (χ0n) is 19.9. The average Bonchev–Trinajstić information content (AvgIpc) is 2.79. The van der Waals surface area contributed by atoms with Crippen molar-refractivity contribution in [1.82, 2.24) is 19.9 Å². The van der Waals surface area contributed by atoms with Gasteiger partial charge in [0.25, 0.3) is 0 Å². The summed E-state index contributed by atoms with van der Waals surface area (Å²) in [5.41, 5.74) is 6.34. The number of hydrogen-bond donors (Lipinski definition) is 0. The Morgan fingerprint density at radius 3 is 2.67 bits per heavy atom. The van der Waals surface area contributed by atoms with E-state index in [1.54, 1.807) is 18.7 Å². The van der Waals surface area contributed by atoms with Gasteiger partial charge in [-0.15, -0.1) is 0 Å². The Morgan fingerprint density at radius 2 is 1.94 bits per heavy atom. The number of aromatic nitrogens is 4. The summed E-state index contributed by atoms with van der Waals surface area (Å²) < 4.78 is 0. The molecule has 0 aliphatic heterocycles. The Morgan fingerprint density at radius 1 is 1.12 bits per heavy atom. The molecule has 1 aliphatic rings. The third-order valence-electron chi connectivity index (χ3n) is 6.33. The van der Waals surface area contributed by atoms with Crippen LogP contribution in [0.1, 0.15) is 74.2 Å². The van der Waals surface area contributed by atoms with E-state index in [1.807, 2.05) is 19.1 Å². The Labute approximate surface area is 202 Å². The van der Waals surface area contributed by atoms with Crippen LogP contribution in [-0.2, 0) is 6.42 Å². The smallest absolute Gasteiger partial charge is 0.140 e. The van der Waals surface area contributed by atoms with Crippen molar-refractivity contribution in [2.45, 2.75) is 65.3 Å². The molecule has 2 heterocycles. The monoisotopic (exact) mass is 461 g/mol. The zero-order valence-corrected chi connectivity index (χ0v) is 20.7. The van der Waals surface area contributed by atoms with Crippen molar-refractivity contribution in [3.8, 4) is 0 Å². The maximum absolute atomic E-state index is 6.32. The van der Waals surface area contributed by atoms with Crippen molar-refractivity contribution in [2.75, 3.05) is 11.4 Å². The Balaban J connectivity index is 1.89. The number of aryl methyl sites for hydroxylation is 2. The molecule has 6 heteroatoms. The van der Waals surface area contributed by atoms with Gasteiger partial charge in [0.05, 0.1) is 17.1 Å². The Kier molecular flexibility index (Phi) is 7.39. The lowest BCUT2D eigenvalue weighted by molar-refractivity contribution is 0.617. The highest BCUT2D eigenvalue weighted by Crippen LogP contribution is 2.39. The number of anilines is 1. The van der Waals surface area contributed by atoms with E-state index in [4.69, 9.17) is 26.6 Å². The van der Waals surface area contributed by atoms with Gasteiger partial charge in [-0.3, -0.25) is 9.97 Å². The van der Waals surface area contributed by atoms with Gasteiger partial charge in [0.15, 0.2) is 0 Å². The number of nitrogens with zero attached hydrogens (tertiary/aromatic N) is 5. The molecule has 1 unspecified atom stereocenters. The lowest BCUT2D eigenvalue weighted by Crippen LogP contribution is -2.33. The first-order chi connectivity index (χ1) is 16.0. The number of halogens is 1. The van der Waals surface area contributed by atoms with Crippen molar-refractivity contribution in [3.05, 3.63) is 82.3 Å². The second kappa shape index (κ2) is 10.4. The molecule has 2 aromatic heterocycles. The SMILES string of the molecule is CCCN(c1ncnc2c1/C(c1nccnc1C)=C\CC(c1cccc(Cl)c1)CC2)C(C)C. The maximum atomic E-state index is 6.32. The summed E-state index contributed by atoms with van der Waals surface area (Å²) in [6.07, 6.45) is 11.4. The van der Waals surface area contributed by atoms with Gasteiger partial charge in [-0.1, -0.05) is 36.7 Å². The standard InChI is InChI=1S/C27H32ClN5/c1-5-15-33(18(2)3)27-25-23(26-19(4)29-13-14-30-26)11-9-20(10-12-24(25)31-17-32-27)21-7-6-8-22(28)16-21/h6-8,11,13-14,16-18,20H,5,9-10,12,15H2,1-4H3/b23-11+. The van der Waals surface area contributed by atoms with Crippen molar-refractivity contribution in [3.63, 3.8) is 0 Å². The predicted molar refractivity (Wildman–Crippen MR) is 136 cm³/mol. The van der Waals surface area contributed by atoms with Gasteiger partial charge in [0, 0.05) is 41.1 Å². The summed E-state index contributed by atoms with van der Waals surface area (Å²) in [6.45, 7) is 9.61. The highest BCUT2D eigenvalue weighted by molar-refractivity contribution is 6.30. The van der Waals surface area contributed by atoms with Crippen LogP contribution in [-0.4, -0.2) is 32.5 Å². The van der Waals surface area contributed by atoms with E-state index in [-0.39, 0.29) is 0 Å². The first kappa shape index (κ1) is 23.4. The van der Waals surface area contributed by atoms with E-state index in [0.717, 1.165) is 71.3 Å². The number of fused-ring (bicyclic) bond motifs is 1. The average molecular weight is 462 g/mol. The molecular weight excluding hydrogens is 430 g/mol. The maximum Gasteiger partial charge on any atom is 0.140 e. The molecule has 172 valence electrons. The molecule has 0 radical (unpaired) electrons. The lowest BCUT2D eigenvalue weighted by atomic mass is 9.84. The molecular formula is C27H32ClN5. The van der Waals surface area contributed by atoms with E-state index in [2.05, 4.69) is 48.9 Å². The van der Waals surface area contributed by atoms with Crippen molar-refractivity contribution in [2.24, 2.45) is 0 Å². The largest absolute Gasteiger partial charge is 0.354 e. The predicted octanol–water partition coefficient (Wildman–Crippen LogP) is 6.41. The van der Waals surface area contributed by atoms with Crippen LogP contribution < -0.4 is 4.90 Å². The first-order valence-electron chi connectivity index (χ1n) is 11.8. The van der Waals surface area contributed by atoms with Crippen LogP contribution in [0.15, 0.2) is 49.1 Å². The van der Waals surface area contributed by atoms with Crippen molar-refractivity contribution in [1.29, 1.82) is 0 Å². The molecule has 1 aliphatic carbocycles. The fourth-order valence-corrected chi connectivity index (χ4v) is 4.88. The topological polar surface area (TPSA) is 54.8 Å². The summed E-state index contributed by atoms with van der Waals surface area (Å²) >= 11 is 6.32. The summed E-state index contributed by atoms with van der Waals surface area (Å²) in [6, 6.07) is 8.56. The minimum atomic E-state index is 0.331. The molecule has 0 N–H and O–H groups in total. The number of hydrogen-bond acceptors (Lipinski definition) is 5. The molecule has 0 fully saturated rings. The Hall–Kier alpha value is -2.79. The van der Waals surface area contributed by atoms with Crippen LogP contribution in [0, 0.1) is 6.92 Å². The summed E-state index contributed by atoms with van der Waals surface area (Å²) in [7, 11) is 0. The number of rotatable bonds is 6. The van der Waals surface area contributed by atoms with E-state index in [1.165, 1.54) is 5.56 Å². The van der Waals surface area contributed by atoms with E-state index in [9.17, 15) is 0 Å². The highest BCUT2D eigenvalue weighted by atomic mass is 35.5. The molecule has 33 heavy (non-hydrogen) atoms. The van der Waals surface area contributed by atoms with Gasteiger partial charge in [0.1, 0.15) is 12.1 Å². The molecule has 0 bridgehead atoms. The molecule has 1 aromatic carbocycles. The highest BCUT2D eigenvalue weighted by Gasteiger charge is 2.27. The summed E-state index contributed by atoms with van der Waals surface area (Å²) in [4.78, 5) is 21.3. The molecule has 5 nitrogen and oxygen atoms in total. The third kappa shape index (κ3) is 5.09. The van der Waals surface area contributed by atoms with Crippen molar-refractivity contribution >= 4 is 23.0 Å². The molecule has 0 spiro atoms. The lowest BCUT2D eigenvalue weighted by Gasteiger charge is -2.31. The normalized spacial score (nSPS) is 17.6. The second-order valence-corrected chi connectivity index (χ2v) is 9.38. The molecule has 1 atom stereocenters. The van der Waals surface area contributed by atoms with Gasteiger partial charge in [-0.25, -0.2) is 9.97 Å². The fourth-order valence-electron chi connectivity index (χ4n) is 4.69.